The van der Waals surface area contributed by atoms with E-state index < -0.39 is 0 Å². The smallest absolute Gasteiger partial charge is 0.221 e. The molecule has 4 rings (SSSR count). The van der Waals surface area contributed by atoms with Crippen LogP contribution in [0.3, 0.4) is 0 Å². The number of rotatable bonds is 8. The minimum absolute atomic E-state index is 0.0964. The van der Waals surface area contributed by atoms with Crippen LogP contribution in [0, 0.1) is 5.92 Å². The van der Waals surface area contributed by atoms with Crippen LogP contribution in [0.5, 0.6) is 0 Å². The normalized spacial score (nSPS) is 14.8. The maximum Gasteiger partial charge on any atom is 0.221 e. The van der Waals surface area contributed by atoms with Crippen molar-refractivity contribution in [1.29, 1.82) is 0 Å². The van der Waals surface area contributed by atoms with E-state index in [9.17, 15) is 4.79 Å². The van der Waals surface area contributed by atoms with Gasteiger partial charge in [-0.25, -0.2) is 9.97 Å². The molecular weight excluding hydrogens is 388 g/mol. The molecule has 2 heterocycles. The lowest BCUT2D eigenvalue weighted by atomic mass is 9.93. The number of aromatic nitrogens is 2. The van der Waals surface area contributed by atoms with Crippen LogP contribution in [0.4, 0.5) is 5.82 Å². The van der Waals surface area contributed by atoms with Crippen molar-refractivity contribution < 1.29 is 9.21 Å². The molecular formula is C25H32N4O2. The molecule has 1 aliphatic carbocycles. The molecule has 0 bridgehead atoms. The van der Waals surface area contributed by atoms with Gasteiger partial charge < -0.3 is 14.6 Å². The lowest BCUT2D eigenvalue weighted by Gasteiger charge is -2.36. The van der Waals surface area contributed by atoms with Gasteiger partial charge in [0.05, 0.1) is 11.8 Å². The van der Waals surface area contributed by atoms with Crippen molar-refractivity contribution in [2.75, 3.05) is 18.0 Å². The second kappa shape index (κ2) is 9.94. The summed E-state index contributed by atoms with van der Waals surface area (Å²) in [6, 6.07) is 12.2. The fraction of sp³-hybridized carbons (Fsp3) is 0.480. The highest BCUT2D eigenvalue weighted by Gasteiger charge is 2.25. The molecule has 0 aliphatic heterocycles. The Morgan fingerprint density at radius 1 is 1.13 bits per heavy atom. The van der Waals surface area contributed by atoms with Crippen LogP contribution >= 0.6 is 0 Å². The monoisotopic (exact) mass is 420 g/mol. The number of carbonyl (C=O) groups excluding carboxylic acids is 1. The lowest BCUT2D eigenvalue weighted by molar-refractivity contribution is -0.121. The molecule has 0 unspecified atom stereocenters. The highest BCUT2D eigenvalue weighted by Crippen LogP contribution is 2.32. The molecule has 0 spiro atoms. The largest absolute Gasteiger partial charge is 0.461 e. The van der Waals surface area contributed by atoms with Crippen molar-refractivity contribution in [2.24, 2.45) is 5.92 Å². The van der Waals surface area contributed by atoms with Gasteiger partial charge in [-0.2, -0.15) is 0 Å². The number of benzene rings is 1. The van der Waals surface area contributed by atoms with Crippen LogP contribution in [0.1, 0.15) is 52.4 Å². The topological polar surface area (TPSA) is 71.3 Å². The van der Waals surface area contributed by atoms with E-state index in [0.717, 1.165) is 29.6 Å². The van der Waals surface area contributed by atoms with E-state index in [0.29, 0.717) is 43.1 Å². The molecule has 1 saturated carbocycles. The van der Waals surface area contributed by atoms with Gasteiger partial charge in [0.1, 0.15) is 5.82 Å². The van der Waals surface area contributed by atoms with Crippen molar-refractivity contribution in [3.63, 3.8) is 0 Å². The first-order valence-corrected chi connectivity index (χ1v) is 11.5. The lowest BCUT2D eigenvalue weighted by Crippen LogP contribution is -2.40. The first kappa shape index (κ1) is 21.3. The summed E-state index contributed by atoms with van der Waals surface area (Å²) in [5, 5.41) is 4.07. The molecule has 1 amide bonds. The number of amides is 1. The molecule has 164 valence electrons. The van der Waals surface area contributed by atoms with Crippen molar-refractivity contribution in [1.82, 2.24) is 15.3 Å². The van der Waals surface area contributed by atoms with Crippen LogP contribution < -0.4 is 10.2 Å². The number of nitrogens with zero attached hydrogens (tertiary/aromatic N) is 3. The zero-order valence-electron chi connectivity index (χ0n) is 18.5. The highest BCUT2D eigenvalue weighted by atomic mass is 16.3. The number of nitrogens with one attached hydrogen (secondary N) is 1. The Labute approximate surface area is 184 Å². The number of anilines is 1. The minimum Gasteiger partial charge on any atom is -0.461 e. The Balaban J connectivity index is 1.68. The average Bonchev–Trinajstić information content (AvgIpc) is 3.33. The molecule has 2 aromatic heterocycles. The molecule has 3 aromatic rings. The van der Waals surface area contributed by atoms with Crippen molar-refractivity contribution in [3.8, 4) is 11.6 Å². The first-order chi connectivity index (χ1) is 15.1. The molecule has 1 aliphatic rings. The van der Waals surface area contributed by atoms with Crippen LogP contribution in [-0.2, 0) is 4.79 Å². The van der Waals surface area contributed by atoms with Gasteiger partial charge in [-0.3, -0.25) is 4.79 Å². The van der Waals surface area contributed by atoms with E-state index in [-0.39, 0.29) is 5.91 Å². The number of para-hydroxylation sites is 1. The number of carbonyl (C=O) groups is 1. The van der Waals surface area contributed by atoms with E-state index in [1.807, 2.05) is 30.3 Å². The summed E-state index contributed by atoms with van der Waals surface area (Å²) in [7, 11) is 0. The fourth-order valence-electron chi connectivity index (χ4n) is 4.28. The van der Waals surface area contributed by atoms with Crippen molar-refractivity contribution in [3.05, 3.63) is 42.7 Å². The number of hydrogen-bond acceptors (Lipinski definition) is 5. The van der Waals surface area contributed by atoms with Gasteiger partial charge in [-0.1, -0.05) is 45.2 Å². The maximum absolute atomic E-state index is 12.5. The summed E-state index contributed by atoms with van der Waals surface area (Å²) in [6.07, 6.45) is 8.07. The molecule has 0 saturated heterocycles. The Morgan fingerprint density at radius 3 is 2.68 bits per heavy atom. The number of fused-ring (bicyclic) bond motifs is 1. The zero-order valence-corrected chi connectivity index (χ0v) is 18.5. The van der Waals surface area contributed by atoms with E-state index >= 15 is 0 Å². The quantitative estimate of drug-likeness (QED) is 0.543. The summed E-state index contributed by atoms with van der Waals surface area (Å²) in [5.74, 6) is 2.69. The first-order valence-electron chi connectivity index (χ1n) is 11.5. The second-order valence-corrected chi connectivity index (χ2v) is 8.80. The Morgan fingerprint density at radius 2 is 1.94 bits per heavy atom. The molecule has 1 N–H and O–H groups in total. The van der Waals surface area contributed by atoms with Gasteiger partial charge in [0.2, 0.25) is 5.91 Å². The number of furan rings is 1. The average molecular weight is 421 g/mol. The van der Waals surface area contributed by atoms with E-state index in [1.165, 1.54) is 19.3 Å². The molecule has 0 radical (unpaired) electrons. The summed E-state index contributed by atoms with van der Waals surface area (Å²) < 4.78 is 5.59. The van der Waals surface area contributed by atoms with Crippen LogP contribution in [-0.4, -0.2) is 35.0 Å². The minimum atomic E-state index is 0.0964. The summed E-state index contributed by atoms with van der Waals surface area (Å²) >= 11 is 0. The van der Waals surface area contributed by atoms with Crippen molar-refractivity contribution in [2.45, 2.75) is 58.4 Å². The number of hydrogen-bond donors (Lipinski definition) is 1. The van der Waals surface area contributed by atoms with Gasteiger partial charge in [-0.05, 0) is 43.0 Å². The van der Waals surface area contributed by atoms with Crippen LogP contribution in [0.15, 0.2) is 47.1 Å². The van der Waals surface area contributed by atoms with Crippen molar-refractivity contribution >= 4 is 22.6 Å². The summed E-state index contributed by atoms with van der Waals surface area (Å²) in [6.45, 7) is 5.57. The van der Waals surface area contributed by atoms with Crippen LogP contribution in [0.2, 0.25) is 0 Å². The third-order valence-electron chi connectivity index (χ3n) is 5.90. The second-order valence-electron chi connectivity index (χ2n) is 8.80. The zero-order chi connectivity index (χ0) is 21.6. The highest BCUT2D eigenvalue weighted by molar-refractivity contribution is 5.91. The fourth-order valence-corrected chi connectivity index (χ4v) is 4.28. The molecule has 6 nitrogen and oxygen atoms in total. The van der Waals surface area contributed by atoms with E-state index in [1.54, 1.807) is 6.26 Å². The SMILES string of the molecule is CC(C)CNC(=O)CCN(c1nc(-c2ccco2)nc2ccccc12)C1CCCCC1. The molecule has 1 fully saturated rings. The van der Waals surface area contributed by atoms with E-state index in [4.69, 9.17) is 14.4 Å². The summed E-state index contributed by atoms with van der Waals surface area (Å²) in [5.41, 5.74) is 0.893. The maximum atomic E-state index is 12.5. The Kier molecular flexibility index (Phi) is 6.85. The van der Waals surface area contributed by atoms with Crippen LogP contribution in [0.25, 0.3) is 22.5 Å². The molecule has 6 heteroatoms. The van der Waals surface area contributed by atoms with Gasteiger partial charge in [0, 0.05) is 30.9 Å². The third kappa shape index (κ3) is 5.24. The molecule has 31 heavy (non-hydrogen) atoms. The van der Waals surface area contributed by atoms with Gasteiger partial charge >= 0.3 is 0 Å². The van der Waals surface area contributed by atoms with Gasteiger partial charge in [0.25, 0.3) is 0 Å². The predicted molar refractivity (Wildman–Crippen MR) is 124 cm³/mol. The van der Waals surface area contributed by atoms with Gasteiger partial charge in [0.15, 0.2) is 11.6 Å². The Bertz CT molecular complexity index is 994. The summed E-state index contributed by atoms with van der Waals surface area (Å²) in [4.78, 5) is 24.5. The Hall–Kier alpha value is -2.89. The molecule has 0 atom stereocenters. The van der Waals surface area contributed by atoms with Gasteiger partial charge in [-0.15, -0.1) is 0 Å². The predicted octanol–water partition coefficient (Wildman–Crippen LogP) is 5.19. The standard InChI is InChI=1S/C25H32N4O2/c1-18(2)17-26-23(30)14-15-29(19-9-4-3-5-10-19)25-20-11-6-7-12-21(20)27-24(28-25)22-13-8-16-31-22/h6-8,11-13,16,18-19H,3-5,9-10,14-15,17H2,1-2H3,(H,26,30). The third-order valence-corrected chi connectivity index (χ3v) is 5.90. The molecule has 1 aromatic carbocycles. The van der Waals surface area contributed by atoms with E-state index in [2.05, 4.69) is 30.1 Å².